The van der Waals surface area contributed by atoms with Gasteiger partial charge in [-0.2, -0.15) is 0 Å². The third kappa shape index (κ3) is 6.04. The van der Waals surface area contributed by atoms with Crippen molar-refractivity contribution in [2.24, 2.45) is 0 Å². The van der Waals surface area contributed by atoms with Crippen LogP contribution in [0, 0.1) is 0 Å². The lowest BCUT2D eigenvalue weighted by Gasteiger charge is -2.11. The summed E-state index contributed by atoms with van der Waals surface area (Å²) in [5.74, 6) is -2.74. The molecule has 0 aliphatic carbocycles. The molecule has 0 radical (unpaired) electrons. The predicted molar refractivity (Wildman–Crippen MR) is 127 cm³/mol. The van der Waals surface area contributed by atoms with Crippen molar-refractivity contribution in [1.82, 2.24) is 0 Å². The summed E-state index contributed by atoms with van der Waals surface area (Å²) in [6.45, 7) is -0.312. The monoisotopic (exact) mass is 486 g/mol. The van der Waals surface area contributed by atoms with Crippen LogP contribution in [0.5, 0.6) is 0 Å². The lowest BCUT2D eigenvalue weighted by Crippen LogP contribution is -2.14. The Balaban J connectivity index is 1.59. The van der Waals surface area contributed by atoms with Crippen molar-refractivity contribution in [3.63, 3.8) is 0 Å². The quantitative estimate of drug-likeness (QED) is 0.263. The van der Waals surface area contributed by atoms with Gasteiger partial charge < -0.3 is 18.9 Å². The Kier molecular flexibility index (Phi) is 7.87. The molecule has 0 spiro atoms. The van der Waals surface area contributed by atoms with Crippen LogP contribution < -0.4 is 0 Å². The number of fused-ring (bicyclic) bond motifs is 4. The molecule has 8 heteroatoms. The average Bonchev–Trinajstić information content (AvgIpc) is 2.91. The van der Waals surface area contributed by atoms with E-state index in [1.807, 2.05) is 0 Å². The molecule has 8 nitrogen and oxygen atoms in total. The van der Waals surface area contributed by atoms with Crippen LogP contribution in [0.2, 0.25) is 0 Å². The normalized spacial score (nSPS) is 16.1. The summed E-state index contributed by atoms with van der Waals surface area (Å²) in [4.78, 5) is 50.4. The molecule has 0 amide bonds. The Morgan fingerprint density at radius 2 is 0.806 bits per heavy atom. The van der Waals surface area contributed by atoms with E-state index >= 15 is 0 Å². The summed E-state index contributed by atoms with van der Waals surface area (Å²) in [5, 5.41) is 0. The molecule has 4 rings (SSSR count). The Morgan fingerprint density at radius 1 is 0.444 bits per heavy atom. The number of cyclic esters (lactones) is 4. The van der Waals surface area contributed by atoms with E-state index in [-0.39, 0.29) is 48.7 Å². The molecule has 1 aliphatic rings. The largest absolute Gasteiger partial charge is 0.458 e. The van der Waals surface area contributed by atoms with Gasteiger partial charge in [-0.15, -0.1) is 0 Å². The maximum absolute atomic E-state index is 12.7. The topological polar surface area (TPSA) is 105 Å². The average molecular weight is 486 g/mol. The highest BCUT2D eigenvalue weighted by molar-refractivity contribution is 6.03. The van der Waals surface area contributed by atoms with Crippen LogP contribution in [0.25, 0.3) is 0 Å². The van der Waals surface area contributed by atoms with E-state index < -0.39 is 23.9 Å². The first-order chi connectivity index (χ1) is 17.5. The van der Waals surface area contributed by atoms with Crippen LogP contribution in [0.15, 0.2) is 84.9 Å². The van der Waals surface area contributed by atoms with Crippen LogP contribution in [-0.2, 0) is 32.2 Å². The van der Waals surface area contributed by atoms with Gasteiger partial charge in [0.05, 0.1) is 22.3 Å². The number of carbonyl (C=O) groups excluding carboxylic acids is 4. The SMILES string of the molecule is O=C1OC/C=C/COC(=O)c2ccccc2C(=O)OCc2cccc(c2)COC(=O)c2ccccc21. The molecule has 3 aromatic carbocycles. The summed E-state index contributed by atoms with van der Waals surface area (Å²) in [6, 6.07) is 19.4. The minimum Gasteiger partial charge on any atom is -0.458 e. The number of ether oxygens (including phenoxy) is 4. The van der Waals surface area contributed by atoms with Crippen molar-refractivity contribution < 1.29 is 38.1 Å². The number of hydrogen-bond donors (Lipinski definition) is 0. The first kappa shape index (κ1) is 24.4. The van der Waals surface area contributed by atoms with Crippen molar-refractivity contribution in [2.75, 3.05) is 13.2 Å². The number of benzene rings is 3. The number of carbonyl (C=O) groups is 4. The number of esters is 4. The summed E-state index contributed by atoms with van der Waals surface area (Å²) in [6.07, 6.45) is 3.00. The van der Waals surface area contributed by atoms with Gasteiger partial charge in [-0.05, 0) is 53.6 Å². The lowest BCUT2D eigenvalue weighted by atomic mass is 10.1. The van der Waals surface area contributed by atoms with Gasteiger partial charge in [-0.25, -0.2) is 19.2 Å². The summed E-state index contributed by atoms with van der Waals surface area (Å²) >= 11 is 0. The van der Waals surface area contributed by atoms with E-state index in [0.717, 1.165) is 0 Å². The maximum atomic E-state index is 12.7. The molecular weight excluding hydrogens is 464 g/mol. The fraction of sp³-hybridized carbons (Fsp3) is 0.143. The van der Waals surface area contributed by atoms with Gasteiger partial charge in [0.25, 0.3) is 0 Å². The van der Waals surface area contributed by atoms with E-state index in [0.29, 0.717) is 11.1 Å². The fourth-order valence-corrected chi connectivity index (χ4v) is 3.48. The third-order valence-corrected chi connectivity index (χ3v) is 5.25. The van der Waals surface area contributed by atoms with Crippen LogP contribution in [-0.4, -0.2) is 37.1 Å². The van der Waals surface area contributed by atoms with E-state index in [2.05, 4.69) is 0 Å². The van der Waals surface area contributed by atoms with Crippen molar-refractivity contribution in [3.05, 3.63) is 118 Å². The van der Waals surface area contributed by atoms with Gasteiger partial charge in [-0.1, -0.05) is 42.5 Å². The molecule has 0 N–H and O–H groups in total. The number of rotatable bonds is 0. The zero-order chi connectivity index (χ0) is 25.3. The first-order valence-electron chi connectivity index (χ1n) is 11.1. The molecule has 0 atom stereocenters. The van der Waals surface area contributed by atoms with Gasteiger partial charge >= 0.3 is 23.9 Å². The van der Waals surface area contributed by atoms with Crippen LogP contribution in [0.3, 0.4) is 0 Å². The first-order valence-corrected chi connectivity index (χ1v) is 11.1. The Labute approximate surface area is 207 Å². The second kappa shape index (κ2) is 11.6. The Morgan fingerprint density at radius 3 is 1.19 bits per heavy atom. The van der Waals surface area contributed by atoms with Crippen molar-refractivity contribution in [3.8, 4) is 0 Å². The molecule has 182 valence electrons. The summed E-state index contributed by atoms with van der Waals surface area (Å²) < 4.78 is 21.2. The zero-order valence-electron chi connectivity index (χ0n) is 19.2. The van der Waals surface area contributed by atoms with E-state index in [1.54, 1.807) is 48.5 Å². The highest BCUT2D eigenvalue weighted by Crippen LogP contribution is 2.16. The standard InChI is InChI=1S/C28H22O8/c29-25-21-10-1-3-12-23(21)27(31)35-17-19-8-7-9-20(16-19)18-36-28(32)24-13-4-2-11-22(24)26(30)34-15-6-5-14-33-25/h1-13,16H,14-15,17-18H2/b6-5+. The van der Waals surface area contributed by atoms with E-state index in [1.165, 1.54) is 36.4 Å². The Hall–Kier alpha value is -4.72. The van der Waals surface area contributed by atoms with E-state index in [9.17, 15) is 19.2 Å². The molecule has 2 bridgehead atoms. The minimum absolute atomic E-state index is 0.0542. The molecule has 0 unspecified atom stereocenters. The van der Waals surface area contributed by atoms with Gasteiger partial charge in [0.15, 0.2) is 0 Å². The van der Waals surface area contributed by atoms with Crippen LogP contribution in [0.1, 0.15) is 52.6 Å². The van der Waals surface area contributed by atoms with Gasteiger partial charge in [0.2, 0.25) is 0 Å². The van der Waals surface area contributed by atoms with Gasteiger partial charge in [0, 0.05) is 0 Å². The highest BCUT2D eigenvalue weighted by atomic mass is 16.5. The van der Waals surface area contributed by atoms with Crippen molar-refractivity contribution >= 4 is 23.9 Å². The van der Waals surface area contributed by atoms with Crippen molar-refractivity contribution in [2.45, 2.75) is 13.2 Å². The summed E-state index contributed by atoms with van der Waals surface area (Å²) in [5.41, 5.74) is 1.63. The lowest BCUT2D eigenvalue weighted by molar-refractivity contribution is 0.0448. The van der Waals surface area contributed by atoms with Gasteiger partial charge in [-0.3, -0.25) is 0 Å². The predicted octanol–water partition coefficient (Wildman–Crippen LogP) is 4.28. The maximum Gasteiger partial charge on any atom is 0.339 e. The molecule has 0 saturated heterocycles. The van der Waals surface area contributed by atoms with Crippen LogP contribution >= 0.6 is 0 Å². The molecule has 3 aromatic rings. The molecular formula is C28H22O8. The highest BCUT2D eigenvalue weighted by Gasteiger charge is 2.20. The fourth-order valence-electron chi connectivity index (χ4n) is 3.48. The molecule has 1 aliphatic heterocycles. The second-order valence-electron chi connectivity index (χ2n) is 7.73. The molecule has 36 heavy (non-hydrogen) atoms. The molecule has 0 saturated carbocycles. The minimum atomic E-state index is -0.693. The molecule has 0 aromatic heterocycles. The number of hydrogen-bond acceptors (Lipinski definition) is 8. The molecule has 0 fully saturated rings. The van der Waals surface area contributed by atoms with Crippen molar-refractivity contribution in [1.29, 1.82) is 0 Å². The van der Waals surface area contributed by atoms with E-state index in [4.69, 9.17) is 18.9 Å². The summed E-state index contributed by atoms with van der Waals surface area (Å²) in [7, 11) is 0. The van der Waals surface area contributed by atoms with Gasteiger partial charge in [0.1, 0.15) is 26.4 Å². The molecule has 1 heterocycles. The van der Waals surface area contributed by atoms with Crippen LogP contribution in [0.4, 0.5) is 0 Å². The smallest absolute Gasteiger partial charge is 0.339 e. The second-order valence-corrected chi connectivity index (χ2v) is 7.73. The third-order valence-electron chi connectivity index (χ3n) is 5.25. The zero-order valence-corrected chi connectivity index (χ0v) is 19.2. The Bertz CT molecular complexity index is 1230.